The Morgan fingerprint density at radius 2 is 0.439 bits per heavy atom. The molecular weight excluding hydrogens is 801 g/mol. The maximum absolute atomic E-state index is 5.65. The molecule has 66 heavy (non-hydrogen) atoms. The van der Waals surface area contributed by atoms with Crippen LogP contribution in [-0.4, -0.2) is 19.9 Å². The lowest BCUT2D eigenvalue weighted by Crippen LogP contribution is -2.15. The molecule has 318 valence electrons. The molecule has 4 heteroatoms. The molecular formula is C62H50N4. The van der Waals surface area contributed by atoms with Gasteiger partial charge in [0.25, 0.3) is 0 Å². The summed E-state index contributed by atoms with van der Waals surface area (Å²) in [6.07, 6.45) is 0. The Morgan fingerprint density at radius 3 is 0.667 bits per heavy atom. The van der Waals surface area contributed by atoms with Crippen LogP contribution in [0.4, 0.5) is 0 Å². The normalized spacial score (nSPS) is 16.4. The smallest absolute Gasteiger partial charge is 0.0753 e. The van der Waals surface area contributed by atoms with E-state index in [9.17, 15) is 0 Å². The van der Waals surface area contributed by atoms with Crippen LogP contribution in [0.25, 0.3) is 90.1 Å². The lowest BCUT2D eigenvalue weighted by Gasteiger charge is -2.23. The van der Waals surface area contributed by atoms with Gasteiger partial charge in [-0.25, -0.2) is 19.9 Å². The van der Waals surface area contributed by atoms with Crippen LogP contribution in [0.3, 0.4) is 0 Å². The fraction of sp³-hybridized carbons (Fsp3) is 0.194. The molecule has 4 aliphatic carbocycles. The molecule has 0 unspecified atom stereocenters. The van der Waals surface area contributed by atoms with Crippen LogP contribution in [0.5, 0.6) is 0 Å². The Labute approximate surface area is 387 Å². The summed E-state index contributed by atoms with van der Waals surface area (Å²) in [6.45, 7) is 18.5. The number of benzene rings is 5. The third-order valence-electron chi connectivity index (χ3n) is 16.0. The quantitative estimate of drug-likeness (QED) is 0.177. The SMILES string of the molecule is CC1(C)c2ccccc2-c2nc(-c3cc(-c4ccc5c(n4)-c4ccccc4C5(C)C)c(-c4ccc5c(n4)-c4ccccc4C5(C)C)cc3-c3ccc4c(n3)-c3ccccc3C4(C)C)ccc21. The number of hydrogen-bond acceptors (Lipinski definition) is 4. The Kier molecular flexibility index (Phi) is 7.80. The molecule has 0 saturated heterocycles. The van der Waals surface area contributed by atoms with E-state index in [-0.39, 0.29) is 21.7 Å². The number of nitrogens with zero attached hydrogens (tertiary/aromatic N) is 4. The molecule has 0 amide bonds. The summed E-state index contributed by atoms with van der Waals surface area (Å²) in [5.74, 6) is 0. The van der Waals surface area contributed by atoms with E-state index in [0.717, 1.165) is 67.8 Å². The van der Waals surface area contributed by atoms with Gasteiger partial charge in [-0.05, 0) is 80.9 Å². The highest BCUT2D eigenvalue weighted by atomic mass is 14.8. The lowest BCUT2D eigenvalue weighted by atomic mass is 9.82. The van der Waals surface area contributed by atoms with Crippen LogP contribution in [-0.2, 0) is 21.7 Å². The first-order chi connectivity index (χ1) is 31.7. The largest absolute Gasteiger partial charge is 0.247 e. The third-order valence-corrected chi connectivity index (χ3v) is 16.0. The molecule has 9 aromatic rings. The van der Waals surface area contributed by atoms with Crippen LogP contribution in [0.2, 0.25) is 0 Å². The molecule has 4 heterocycles. The highest BCUT2D eigenvalue weighted by Gasteiger charge is 2.41. The second-order valence-electron chi connectivity index (χ2n) is 21.0. The zero-order valence-electron chi connectivity index (χ0n) is 38.8. The minimum absolute atomic E-state index is 0.165. The van der Waals surface area contributed by atoms with Gasteiger partial charge >= 0.3 is 0 Å². The number of rotatable bonds is 4. The number of fused-ring (bicyclic) bond motifs is 12. The predicted molar refractivity (Wildman–Crippen MR) is 270 cm³/mol. The summed E-state index contributed by atoms with van der Waals surface area (Å²) in [4.78, 5) is 22.6. The molecule has 0 N–H and O–H groups in total. The first-order valence-electron chi connectivity index (χ1n) is 23.4. The molecule has 0 bridgehead atoms. The van der Waals surface area contributed by atoms with Crippen molar-refractivity contribution in [2.75, 3.05) is 0 Å². The van der Waals surface area contributed by atoms with Crippen molar-refractivity contribution >= 4 is 0 Å². The second kappa shape index (κ2) is 13.2. The van der Waals surface area contributed by atoms with E-state index >= 15 is 0 Å². The van der Waals surface area contributed by atoms with E-state index in [2.05, 4.69) is 213 Å². The molecule has 0 radical (unpaired) electrons. The molecule has 0 aliphatic heterocycles. The van der Waals surface area contributed by atoms with Gasteiger partial charge in [0.1, 0.15) is 0 Å². The summed E-state index contributed by atoms with van der Waals surface area (Å²) in [5, 5.41) is 0. The Hall–Kier alpha value is -7.30. The van der Waals surface area contributed by atoms with Gasteiger partial charge in [0.15, 0.2) is 0 Å². The second-order valence-corrected chi connectivity index (χ2v) is 21.0. The van der Waals surface area contributed by atoms with Crippen molar-refractivity contribution < 1.29 is 0 Å². The third kappa shape index (κ3) is 5.16. The first-order valence-corrected chi connectivity index (χ1v) is 23.4. The molecule has 5 aromatic carbocycles. The van der Waals surface area contributed by atoms with Gasteiger partial charge < -0.3 is 0 Å². The van der Waals surface area contributed by atoms with Crippen LogP contribution in [0, 0.1) is 0 Å². The maximum atomic E-state index is 5.65. The maximum Gasteiger partial charge on any atom is 0.0753 e. The van der Waals surface area contributed by atoms with Crippen LogP contribution in [0.15, 0.2) is 158 Å². The molecule has 4 aromatic heterocycles. The summed E-state index contributed by atoms with van der Waals surface area (Å²) in [7, 11) is 0. The number of aromatic nitrogens is 4. The predicted octanol–water partition coefficient (Wildman–Crippen LogP) is 15.2. The molecule has 0 saturated carbocycles. The van der Waals surface area contributed by atoms with Crippen LogP contribution in [0.1, 0.15) is 99.9 Å². The van der Waals surface area contributed by atoms with Crippen molar-refractivity contribution in [2.45, 2.75) is 77.0 Å². The summed E-state index contributed by atoms with van der Waals surface area (Å²) < 4.78 is 0. The van der Waals surface area contributed by atoms with Crippen molar-refractivity contribution in [1.82, 2.24) is 19.9 Å². The highest BCUT2D eigenvalue weighted by molar-refractivity contribution is 5.95. The van der Waals surface area contributed by atoms with Gasteiger partial charge in [-0.1, -0.05) is 177 Å². The number of pyridine rings is 4. The van der Waals surface area contributed by atoms with Crippen molar-refractivity contribution in [3.8, 4) is 90.1 Å². The van der Waals surface area contributed by atoms with Gasteiger partial charge in [-0.2, -0.15) is 0 Å². The first kappa shape index (κ1) is 39.1. The fourth-order valence-corrected chi connectivity index (χ4v) is 12.2. The van der Waals surface area contributed by atoms with Crippen LogP contribution < -0.4 is 0 Å². The minimum atomic E-state index is -0.165. The standard InChI is InChI=1S/C62H50N4/c1-59(2)43-21-13-9-17-35(43)55-47(59)25-29-51(63-55)39-33-41(53-31-27-49-57(65-53)37-19-11-15-23-45(37)61(49,5)6)42(54-32-28-50-58(66-54)38-20-12-16-24-46(38)62(50,7)8)34-40(39)52-30-26-48-56(64-52)36-18-10-14-22-44(36)60(48,3)4/h9-34H,1-8H3. The van der Waals surface area contributed by atoms with Crippen molar-refractivity contribution in [3.05, 3.63) is 202 Å². The van der Waals surface area contributed by atoms with Gasteiger partial charge in [-0.3, -0.25) is 0 Å². The minimum Gasteiger partial charge on any atom is -0.247 e. The van der Waals surface area contributed by atoms with Crippen molar-refractivity contribution in [3.63, 3.8) is 0 Å². The summed E-state index contributed by atoms with van der Waals surface area (Å²) in [6, 6.07) is 57.8. The topological polar surface area (TPSA) is 51.6 Å². The highest BCUT2D eigenvalue weighted by Crippen LogP contribution is 2.54. The van der Waals surface area contributed by atoms with Crippen molar-refractivity contribution in [1.29, 1.82) is 0 Å². The van der Waals surface area contributed by atoms with E-state index in [1.54, 1.807) is 0 Å². The Balaban J connectivity index is 1.11. The van der Waals surface area contributed by atoms with Crippen LogP contribution >= 0.6 is 0 Å². The zero-order valence-corrected chi connectivity index (χ0v) is 38.8. The molecule has 0 fully saturated rings. The zero-order chi connectivity index (χ0) is 45.1. The average molecular weight is 851 g/mol. The number of hydrogen-bond donors (Lipinski definition) is 0. The lowest BCUT2D eigenvalue weighted by molar-refractivity contribution is 0.659. The van der Waals surface area contributed by atoms with Gasteiger partial charge in [0.2, 0.25) is 0 Å². The molecule has 4 nitrogen and oxygen atoms in total. The van der Waals surface area contributed by atoms with E-state index in [1.807, 2.05) is 0 Å². The summed E-state index contributed by atoms with van der Waals surface area (Å²) in [5.41, 5.74) is 26.1. The van der Waals surface area contributed by atoms with Gasteiger partial charge in [0, 0.05) is 66.2 Å². The van der Waals surface area contributed by atoms with Crippen molar-refractivity contribution in [2.24, 2.45) is 0 Å². The van der Waals surface area contributed by atoms with E-state index in [0.29, 0.717) is 0 Å². The molecule has 4 aliphatic rings. The molecule has 0 atom stereocenters. The van der Waals surface area contributed by atoms with E-state index in [1.165, 1.54) is 66.8 Å². The van der Waals surface area contributed by atoms with E-state index < -0.39 is 0 Å². The summed E-state index contributed by atoms with van der Waals surface area (Å²) >= 11 is 0. The fourth-order valence-electron chi connectivity index (χ4n) is 12.2. The van der Waals surface area contributed by atoms with Gasteiger partial charge in [-0.15, -0.1) is 0 Å². The van der Waals surface area contributed by atoms with E-state index in [4.69, 9.17) is 19.9 Å². The molecule has 0 spiro atoms. The monoisotopic (exact) mass is 850 g/mol. The molecule has 13 rings (SSSR count). The Morgan fingerprint density at radius 1 is 0.227 bits per heavy atom. The average Bonchev–Trinajstić information content (AvgIpc) is 3.90. The Bertz CT molecular complexity index is 3130. The van der Waals surface area contributed by atoms with Gasteiger partial charge in [0.05, 0.1) is 45.6 Å².